The van der Waals surface area contributed by atoms with Crippen LogP contribution in [0.1, 0.15) is 40.0 Å². The molecule has 0 spiro atoms. The van der Waals surface area contributed by atoms with Crippen molar-refractivity contribution in [2.75, 3.05) is 5.43 Å². The van der Waals surface area contributed by atoms with E-state index in [4.69, 9.17) is 11.6 Å². The van der Waals surface area contributed by atoms with E-state index in [0.717, 1.165) is 29.4 Å². The molecular weight excluding hydrogens is 294 g/mol. The summed E-state index contributed by atoms with van der Waals surface area (Å²) in [5.74, 6) is 0.692. The summed E-state index contributed by atoms with van der Waals surface area (Å²) in [5, 5.41) is 6.42. The highest BCUT2D eigenvalue weighted by molar-refractivity contribution is 6.31. The number of hydrogen-bond donors (Lipinski definition) is 1. The molecule has 1 unspecified atom stereocenters. The Labute approximate surface area is 136 Å². The van der Waals surface area contributed by atoms with Gasteiger partial charge in [0, 0.05) is 22.3 Å². The van der Waals surface area contributed by atoms with E-state index in [9.17, 15) is 0 Å². The Bertz CT molecular complexity index is 721. The van der Waals surface area contributed by atoms with E-state index in [1.165, 1.54) is 12.1 Å². The van der Waals surface area contributed by atoms with Crippen LogP contribution in [0.4, 0.5) is 5.69 Å². The first-order valence-electron chi connectivity index (χ1n) is 7.79. The Hall–Kier alpha value is -1.61. The summed E-state index contributed by atoms with van der Waals surface area (Å²) in [6, 6.07) is 7.70. The summed E-state index contributed by atoms with van der Waals surface area (Å²) in [6.45, 7) is 6.95. The Kier molecular flexibility index (Phi) is 4.09. The Morgan fingerprint density at radius 1 is 1.32 bits per heavy atom. The van der Waals surface area contributed by atoms with Gasteiger partial charge < -0.3 is 0 Å². The first kappa shape index (κ1) is 15.3. The molecule has 0 aliphatic heterocycles. The molecule has 1 atom stereocenters. The molecule has 0 bridgehead atoms. The van der Waals surface area contributed by atoms with Crippen molar-refractivity contribution in [2.24, 2.45) is 16.4 Å². The molecule has 22 heavy (non-hydrogen) atoms. The first-order valence-corrected chi connectivity index (χ1v) is 8.16. The topological polar surface area (TPSA) is 37.3 Å². The lowest BCUT2D eigenvalue weighted by Crippen LogP contribution is -2.28. The Morgan fingerprint density at radius 2 is 2.14 bits per heavy atom. The number of nitrogens with zero attached hydrogens (tertiary/aromatic N) is 2. The number of pyridine rings is 1. The van der Waals surface area contributed by atoms with E-state index in [1.807, 2.05) is 24.3 Å². The number of hydrazone groups is 1. The molecule has 0 saturated heterocycles. The molecule has 3 rings (SSSR count). The van der Waals surface area contributed by atoms with E-state index in [1.54, 1.807) is 6.20 Å². The zero-order chi connectivity index (χ0) is 15.7. The van der Waals surface area contributed by atoms with E-state index in [2.05, 4.69) is 36.3 Å². The van der Waals surface area contributed by atoms with Gasteiger partial charge in [-0.25, -0.2) is 0 Å². The molecule has 1 aromatic carbocycles. The minimum absolute atomic E-state index is 0.339. The largest absolute Gasteiger partial charge is 0.278 e. The highest BCUT2D eigenvalue weighted by Crippen LogP contribution is 2.37. The summed E-state index contributed by atoms with van der Waals surface area (Å²) in [6.07, 6.45) is 5.18. The molecule has 2 aromatic rings. The van der Waals surface area contributed by atoms with Crippen molar-refractivity contribution in [2.45, 2.75) is 40.0 Å². The van der Waals surface area contributed by atoms with Gasteiger partial charge in [0.15, 0.2) is 0 Å². The number of nitrogens with one attached hydrogen (secondary N) is 1. The van der Waals surface area contributed by atoms with Crippen molar-refractivity contribution >= 4 is 33.9 Å². The molecule has 0 radical (unpaired) electrons. The lowest BCUT2D eigenvalue weighted by Gasteiger charge is -2.34. The summed E-state index contributed by atoms with van der Waals surface area (Å²) < 4.78 is 0. The van der Waals surface area contributed by atoms with Crippen molar-refractivity contribution in [1.82, 2.24) is 4.98 Å². The molecule has 1 fully saturated rings. The third kappa shape index (κ3) is 3.41. The van der Waals surface area contributed by atoms with Crippen molar-refractivity contribution in [3.63, 3.8) is 0 Å². The SMILES string of the molecule is CC1CC(=NNc2ccnc3cc(Cl)ccc23)CC(C)(C)C1. The molecule has 116 valence electrons. The van der Waals surface area contributed by atoms with Crippen LogP contribution in [0.15, 0.2) is 35.6 Å². The number of aromatic nitrogens is 1. The molecule has 4 heteroatoms. The number of rotatable bonds is 2. The lowest BCUT2D eigenvalue weighted by molar-refractivity contribution is 0.266. The van der Waals surface area contributed by atoms with Crippen LogP contribution in [0.3, 0.4) is 0 Å². The first-order chi connectivity index (χ1) is 10.4. The van der Waals surface area contributed by atoms with Crippen LogP contribution in [-0.4, -0.2) is 10.7 Å². The van der Waals surface area contributed by atoms with Crippen molar-refractivity contribution in [3.8, 4) is 0 Å². The maximum absolute atomic E-state index is 6.03. The molecule has 1 aliphatic rings. The summed E-state index contributed by atoms with van der Waals surface area (Å²) >= 11 is 6.03. The average molecular weight is 316 g/mol. The molecule has 1 aliphatic carbocycles. The highest BCUT2D eigenvalue weighted by Gasteiger charge is 2.29. The number of benzene rings is 1. The molecule has 3 nitrogen and oxygen atoms in total. The standard InChI is InChI=1S/C18H22ClN3/c1-12-8-14(11-18(2,3)10-12)21-22-16-6-7-20-17-9-13(19)4-5-15(16)17/h4-7,9,12H,8,10-11H2,1-3H3,(H,20,22). The normalized spacial score (nSPS) is 22.9. The maximum Gasteiger partial charge on any atom is 0.0738 e. The van der Waals surface area contributed by atoms with E-state index < -0.39 is 0 Å². The quantitative estimate of drug-likeness (QED) is 0.743. The van der Waals surface area contributed by atoms with Crippen molar-refractivity contribution in [3.05, 3.63) is 35.5 Å². The monoisotopic (exact) mass is 315 g/mol. The van der Waals surface area contributed by atoms with Gasteiger partial charge in [0.05, 0.1) is 11.2 Å². The fraction of sp³-hybridized carbons (Fsp3) is 0.444. The lowest BCUT2D eigenvalue weighted by atomic mass is 9.72. The van der Waals surface area contributed by atoms with Crippen LogP contribution in [0.2, 0.25) is 5.02 Å². The minimum atomic E-state index is 0.339. The molecule has 1 aromatic heterocycles. The molecule has 1 saturated carbocycles. The summed E-state index contributed by atoms with van der Waals surface area (Å²) in [5.41, 5.74) is 6.69. The second-order valence-electron chi connectivity index (χ2n) is 7.16. The third-order valence-corrected chi connectivity index (χ3v) is 4.44. The van der Waals surface area contributed by atoms with E-state index in [-0.39, 0.29) is 0 Å². The predicted molar refractivity (Wildman–Crippen MR) is 94.6 cm³/mol. The smallest absolute Gasteiger partial charge is 0.0738 e. The van der Waals surface area contributed by atoms with Gasteiger partial charge in [0.1, 0.15) is 0 Å². The second kappa shape index (κ2) is 5.88. The predicted octanol–water partition coefficient (Wildman–Crippen LogP) is 5.50. The number of hydrogen-bond acceptors (Lipinski definition) is 3. The van der Waals surface area contributed by atoms with Gasteiger partial charge in [-0.1, -0.05) is 32.4 Å². The van der Waals surface area contributed by atoms with Gasteiger partial charge in [-0.2, -0.15) is 5.10 Å². The Balaban J connectivity index is 1.86. The zero-order valence-electron chi connectivity index (χ0n) is 13.4. The Morgan fingerprint density at radius 3 is 2.91 bits per heavy atom. The fourth-order valence-corrected chi connectivity index (χ4v) is 3.72. The summed E-state index contributed by atoms with van der Waals surface area (Å²) in [4.78, 5) is 4.36. The van der Waals surface area contributed by atoms with Crippen LogP contribution < -0.4 is 5.43 Å². The molecular formula is C18H22ClN3. The average Bonchev–Trinajstić information content (AvgIpc) is 2.42. The summed E-state index contributed by atoms with van der Waals surface area (Å²) in [7, 11) is 0. The number of anilines is 1. The van der Waals surface area contributed by atoms with Gasteiger partial charge in [-0.05, 0) is 54.9 Å². The second-order valence-corrected chi connectivity index (χ2v) is 7.60. The highest BCUT2D eigenvalue weighted by atomic mass is 35.5. The van der Waals surface area contributed by atoms with Crippen LogP contribution in [0.25, 0.3) is 10.9 Å². The molecule has 1 heterocycles. The van der Waals surface area contributed by atoms with Gasteiger partial charge >= 0.3 is 0 Å². The minimum Gasteiger partial charge on any atom is -0.278 e. The molecule has 0 amide bonds. The van der Waals surface area contributed by atoms with Crippen molar-refractivity contribution in [1.29, 1.82) is 0 Å². The van der Waals surface area contributed by atoms with Crippen LogP contribution in [0.5, 0.6) is 0 Å². The molecule has 1 N–H and O–H groups in total. The van der Waals surface area contributed by atoms with Gasteiger partial charge in [-0.15, -0.1) is 0 Å². The number of fused-ring (bicyclic) bond motifs is 1. The van der Waals surface area contributed by atoms with Crippen LogP contribution in [-0.2, 0) is 0 Å². The fourth-order valence-electron chi connectivity index (χ4n) is 3.56. The van der Waals surface area contributed by atoms with Crippen LogP contribution in [0, 0.1) is 11.3 Å². The van der Waals surface area contributed by atoms with Crippen LogP contribution >= 0.6 is 11.6 Å². The van der Waals surface area contributed by atoms with Crippen molar-refractivity contribution < 1.29 is 0 Å². The van der Waals surface area contributed by atoms with Gasteiger partial charge in [0.2, 0.25) is 0 Å². The van der Waals surface area contributed by atoms with E-state index >= 15 is 0 Å². The third-order valence-electron chi connectivity index (χ3n) is 4.21. The van der Waals surface area contributed by atoms with E-state index in [0.29, 0.717) is 16.4 Å². The van der Waals surface area contributed by atoms with Gasteiger partial charge in [0.25, 0.3) is 0 Å². The number of halogens is 1. The van der Waals surface area contributed by atoms with Gasteiger partial charge in [-0.3, -0.25) is 10.4 Å². The maximum atomic E-state index is 6.03. The zero-order valence-corrected chi connectivity index (χ0v) is 14.1.